The number of hydrogen-bond acceptors (Lipinski definition) is 3. The third kappa shape index (κ3) is 2.97. The van der Waals surface area contributed by atoms with Crippen LogP contribution in [-0.4, -0.2) is 38.3 Å². The van der Waals surface area contributed by atoms with E-state index in [1.54, 1.807) is 7.05 Å². The van der Waals surface area contributed by atoms with Gasteiger partial charge in [0.25, 0.3) is 0 Å². The molecule has 2 N–H and O–H groups in total. The van der Waals surface area contributed by atoms with Crippen LogP contribution >= 0.6 is 0 Å². The number of rotatable bonds is 4. The maximum atomic E-state index is 11.2. The minimum atomic E-state index is -0.0631. The average Bonchev–Trinajstić information content (AvgIpc) is 2.62. The highest BCUT2D eigenvalue weighted by Crippen LogP contribution is 2.10. The lowest BCUT2D eigenvalue weighted by molar-refractivity contribution is -0.122. The van der Waals surface area contributed by atoms with Gasteiger partial charge in [0.2, 0.25) is 5.91 Å². The van der Waals surface area contributed by atoms with Crippen LogP contribution in [0.25, 0.3) is 0 Å². The number of ether oxygens (including phenoxy) is 1. The lowest BCUT2D eigenvalue weighted by Crippen LogP contribution is -2.38. The molecular formula is C9H18N2O2. The van der Waals surface area contributed by atoms with Crippen LogP contribution in [0, 0.1) is 0 Å². The highest BCUT2D eigenvalue weighted by Gasteiger charge is 2.28. The largest absolute Gasteiger partial charge is 0.377 e. The molecule has 0 radical (unpaired) electrons. The quantitative estimate of drug-likeness (QED) is 0.644. The summed E-state index contributed by atoms with van der Waals surface area (Å²) in [6.07, 6.45) is 2.03. The van der Waals surface area contributed by atoms with Crippen molar-refractivity contribution in [2.45, 2.75) is 31.9 Å². The topological polar surface area (TPSA) is 50.4 Å². The van der Waals surface area contributed by atoms with E-state index in [0.717, 1.165) is 26.0 Å². The molecule has 0 bridgehead atoms. The Morgan fingerprint density at radius 2 is 2.46 bits per heavy atom. The number of nitrogens with one attached hydrogen (secondary N) is 2. The van der Waals surface area contributed by atoms with Gasteiger partial charge in [0.05, 0.1) is 12.1 Å². The fraction of sp³-hybridized carbons (Fsp3) is 0.889. The first-order chi connectivity index (χ1) is 6.27. The van der Waals surface area contributed by atoms with Gasteiger partial charge < -0.3 is 15.4 Å². The zero-order valence-corrected chi connectivity index (χ0v) is 8.30. The van der Waals surface area contributed by atoms with Crippen molar-refractivity contribution in [3.05, 3.63) is 0 Å². The average molecular weight is 186 g/mol. The Labute approximate surface area is 79.0 Å². The van der Waals surface area contributed by atoms with Gasteiger partial charge in [0, 0.05) is 20.2 Å². The van der Waals surface area contributed by atoms with Gasteiger partial charge in [0.1, 0.15) is 0 Å². The van der Waals surface area contributed by atoms with Crippen LogP contribution in [0.5, 0.6) is 0 Å². The van der Waals surface area contributed by atoms with Gasteiger partial charge in [-0.25, -0.2) is 0 Å². The molecule has 1 saturated heterocycles. The molecule has 0 aliphatic carbocycles. The van der Waals surface area contributed by atoms with E-state index in [2.05, 4.69) is 17.6 Å². The number of amides is 1. The standard InChI is InChI=1S/C9H18N2O2/c1-3-4-13-7-5-8(11-6-7)9(12)10-2/h7-8,11H,3-6H2,1-2H3,(H,10,12). The number of likely N-dealkylation sites (N-methyl/N-ethyl adjacent to an activating group) is 1. The Hall–Kier alpha value is -0.610. The summed E-state index contributed by atoms with van der Waals surface area (Å²) in [5.74, 6) is 0.0580. The first-order valence-electron chi connectivity index (χ1n) is 4.84. The van der Waals surface area contributed by atoms with Crippen molar-refractivity contribution in [1.29, 1.82) is 0 Å². The molecule has 1 amide bonds. The molecule has 1 rings (SSSR count). The van der Waals surface area contributed by atoms with Crippen LogP contribution in [0.1, 0.15) is 19.8 Å². The Morgan fingerprint density at radius 1 is 1.69 bits per heavy atom. The molecule has 13 heavy (non-hydrogen) atoms. The number of carbonyl (C=O) groups excluding carboxylic acids is 1. The molecule has 1 heterocycles. The predicted molar refractivity (Wildman–Crippen MR) is 50.5 cm³/mol. The highest BCUT2D eigenvalue weighted by atomic mass is 16.5. The molecule has 1 fully saturated rings. The van der Waals surface area contributed by atoms with Gasteiger partial charge >= 0.3 is 0 Å². The maximum absolute atomic E-state index is 11.2. The lowest BCUT2D eigenvalue weighted by atomic mass is 10.2. The van der Waals surface area contributed by atoms with Crippen molar-refractivity contribution in [3.8, 4) is 0 Å². The Balaban J connectivity index is 2.23. The molecule has 0 spiro atoms. The predicted octanol–water partition coefficient (Wildman–Crippen LogP) is -0.111. The molecule has 0 aromatic heterocycles. The summed E-state index contributed by atoms with van der Waals surface area (Å²) in [6.45, 7) is 3.66. The molecule has 1 aliphatic heterocycles. The molecular weight excluding hydrogens is 168 g/mol. The van der Waals surface area contributed by atoms with Crippen molar-refractivity contribution in [3.63, 3.8) is 0 Å². The van der Waals surface area contributed by atoms with Crippen molar-refractivity contribution in [1.82, 2.24) is 10.6 Å². The number of carbonyl (C=O) groups is 1. The van der Waals surface area contributed by atoms with E-state index in [1.807, 2.05) is 0 Å². The van der Waals surface area contributed by atoms with E-state index in [1.165, 1.54) is 0 Å². The fourth-order valence-electron chi connectivity index (χ4n) is 1.49. The van der Waals surface area contributed by atoms with Crippen molar-refractivity contribution < 1.29 is 9.53 Å². The van der Waals surface area contributed by atoms with Crippen LogP contribution in [0.2, 0.25) is 0 Å². The van der Waals surface area contributed by atoms with Gasteiger partial charge in [-0.3, -0.25) is 4.79 Å². The van der Waals surface area contributed by atoms with Gasteiger partial charge in [0.15, 0.2) is 0 Å². The van der Waals surface area contributed by atoms with E-state index in [0.29, 0.717) is 0 Å². The maximum Gasteiger partial charge on any atom is 0.236 e. The Bertz CT molecular complexity index is 173. The molecule has 2 unspecified atom stereocenters. The van der Waals surface area contributed by atoms with Gasteiger partial charge in [-0.2, -0.15) is 0 Å². The first-order valence-corrected chi connectivity index (χ1v) is 4.84. The highest BCUT2D eigenvalue weighted by molar-refractivity contribution is 5.81. The summed E-state index contributed by atoms with van der Waals surface area (Å²) in [7, 11) is 1.66. The molecule has 1 aliphatic rings. The normalized spacial score (nSPS) is 27.5. The molecule has 0 saturated carbocycles. The second-order valence-corrected chi connectivity index (χ2v) is 3.30. The Morgan fingerprint density at radius 3 is 3.08 bits per heavy atom. The van der Waals surface area contributed by atoms with Crippen LogP contribution in [0.15, 0.2) is 0 Å². The monoisotopic (exact) mass is 186 g/mol. The van der Waals surface area contributed by atoms with Crippen molar-refractivity contribution in [2.75, 3.05) is 20.2 Å². The van der Waals surface area contributed by atoms with Crippen LogP contribution in [-0.2, 0) is 9.53 Å². The second kappa shape index (κ2) is 5.19. The molecule has 0 aromatic carbocycles. The lowest BCUT2D eigenvalue weighted by Gasteiger charge is -2.09. The summed E-state index contributed by atoms with van der Waals surface area (Å²) in [4.78, 5) is 11.2. The fourth-order valence-corrected chi connectivity index (χ4v) is 1.49. The summed E-state index contributed by atoms with van der Waals surface area (Å²) < 4.78 is 5.53. The zero-order chi connectivity index (χ0) is 9.68. The van der Waals surface area contributed by atoms with E-state index in [-0.39, 0.29) is 18.1 Å². The van der Waals surface area contributed by atoms with Crippen LogP contribution < -0.4 is 10.6 Å². The molecule has 2 atom stereocenters. The first kappa shape index (κ1) is 10.5. The van der Waals surface area contributed by atoms with Gasteiger partial charge in [-0.15, -0.1) is 0 Å². The molecule has 0 aromatic rings. The third-order valence-corrected chi connectivity index (χ3v) is 2.21. The van der Waals surface area contributed by atoms with E-state index in [9.17, 15) is 4.79 Å². The van der Waals surface area contributed by atoms with Crippen molar-refractivity contribution >= 4 is 5.91 Å². The Kier molecular flexibility index (Phi) is 4.18. The SMILES string of the molecule is CCCOC1CNC(C(=O)NC)C1. The minimum absolute atomic E-state index is 0.0580. The molecule has 4 heteroatoms. The molecule has 4 nitrogen and oxygen atoms in total. The third-order valence-electron chi connectivity index (χ3n) is 2.21. The van der Waals surface area contributed by atoms with Gasteiger partial charge in [-0.1, -0.05) is 6.92 Å². The summed E-state index contributed by atoms with van der Waals surface area (Å²) in [5, 5.41) is 5.76. The van der Waals surface area contributed by atoms with Crippen LogP contribution in [0.4, 0.5) is 0 Å². The van der Waals surface area contributed by atoms with Crippen molar-refractivity contribution in [2.24, 2.45) is 0 Å². The van der Waals surface area contributed by atoms with E-state index < -0.39 is 0 Å². The van der Waals surface area contributed by atoms with Crippen LogP contribution in [0.3, 0.4) is 0 Å². The summed E-state index contributed by atoms with van der Waals surface area (Å²) >= 11 is 0. The summed E-state index contributed by atoms with van der Waals surface area (Å²) in [5.41, 5.74) is 0. The minimum Gasteiger partial charge on any atom is -0.377 e. The number of hydrogen-bond donors (Lipinski definition) is 2. The van der Waals surface area contributed by atoms with E-state index in [4.69, 9.17) is 4.74 Å². The van der Waals surface area contributed by atoms with Gasteiger partial charge in [-0.05, 0) is 12.8 Å². The summed E-state index contributed by atoms with van der Waals surface area (Å²) in [6, 6.07) is -0.0631. The smallest absolute Gasteiger partial charge is 0.236 e. The zero-order valence-electron chi connectivity index (χ0n) is 8.30. The second-order valence-electron chi connectivity index (χ2n) is 3.30. The molecule has 76 valence electrons. The van der Waals surface area contributed by atoms with E-state index >= 15 is 0 Å².